The van der Waals surface area contributed by atoms with E-state index in [1.54, 1.807) is 0 Å². The topological polar surface area (TPSA) is 26.0 Å². The van der Waals surface area contributed by atoms with Gasteiger partial charge >= 0.3 is 0 Å². The molecule has 0 spiro atoms. The smallest absolute Gasteiger partial charge is 0.0408 e. The Labute approximate surface area is 102 Å². The summed E-state index contributed by atoms with van der Waals surface area (Å²) in [4.78, 5) is 0. The molecule has 1 atom stereocenters. The highest BCUT2D eigenvalue weighted by Crippen LogP contribution is 2.37. The molecule has 1 aliphatic carbocycles. The van der Waals surface area contributed by atoms with Gasteiger partial charge in [0.05, 0.1) is 0 Å². The maximum absolute atomic E-state index is 6.21. The molecule has 1 nitrogen and oxygen atoms in total. The van der Waals surface area contributed by atoms with Gasteiger partial charge in [0, 0.05) is 11.1 Å². The van der Waals surface area contributed by atoms with E-state index in [0.29, 0.717) is 5.92 Å². The Morgan fingerprint density at radius 1 is 1.40 bits per heavy atom. The van der Waals surface area contributed by atoms with Crippen molar-refractivity contribution in [2.45, 2.75) is 32.2 Å². The molecule has 0 saturated heterocycles. The lowest BCUT2D eigenvalue weighted by atomic mass is 9.77. The molecule has 0 heterocycles. The molecular weight excluding hydrogens is 229 g/mol. The fourth-order valence-corrected chi connectivity index (χ4v) is 2.29. The van der Waals surface area contributed by atoms with Gasteiger partial charge in [-0.3, -0.25) is 0 Å². The molecule has 15 heavy (non-hydrogen) atoms. The van der Waals surface area contributed by atoms with Crippen LogP contribution in [0.4, 0.5) is 0 Å². The van der Waals surface area contributed by atoms with Crippen LogP contribution in [-0.4, -0.2) is 0 Å². The molecule has 0 bridgehead atoms. The van der Waals surface area contributed by atoms with Crippen molar-refractivity contribution in [1.82, 2.24) is 0 Å². The molecule has 0 amide bonds. The first-order valence-corrected chi connectivity index (χ1v) is 5.58. The number of rotatable bonds is 2. The Balaban J connectivity index is 0.00000112. The number of hydrogen-bond donors (Lipinski definition) is 1. The van der Waals surface area contributed by atoms with Crippen LogP contribution in [-0.2, 0) is 0 Å². The molecule has 0 radical (unpaired) electrons. The standard InChI is InChI=1S/C12H16ClN.ClH/c1-8-7-10(13)5-6-11(8)12(14)9-3-2-4-9;/h5-7,9,12H,2-4,14H2,1H3;1H/t12-;/m0./s1. The molecule has 1 saturated carbocycles. The van der Waals surface area contributed by atoms with Gasteiger partial charge in [-0.1, -0.05) is 24.1 Å². The van der Waals surface area contributed by atoms with Crippen LogP contribution in [0.25, 0.3) is 0 Å². The van der Waals surface area contributed by atoms with Crippen LogP contribution in [0, 0.1) is 12.8 Å². The van der Waals surface area contributed by atoms with E-state index in [9.17, 15) is 0 Å². The van der Waals surface area contributed by atoms with Crippen molar-refractivity contribution in [3.63, 3.8) is 0 Å². The van der Waals surface area contributed by atoms with E-state index in [2.05, 4.69) is 13.0 Å². The average molecular weight is 246 g/mol. The summed E-state index contributed by atoms with van der Waals surface area (Å²) >= 11 is 5.91. The number of halogens is 2. The molecule has 1 fully saturated rings. The van der Waals surface area contributed by atoms with Gasteiger partial charge in [0.2, 0.25) is 0 Å². The van der Waals surface area contributed by atoms with Crippen LogP contribution < -0.4 is 5.73 Å². The summed E-state index contributed by atoms with van der Waals surface area (Å²) in [5, 5.41) is 0.798. The Hall–Kier alpha value is -0.240. The predicted octanol–water partition coefficient (Wildman–Crippen LogP) is 3.87. The minimum atomic E-state index is 0. The van der Waals surface area contributed by atoms with Crippen LogP contribution in [0.15, 0.2) is 18.2 Å². The number of benzene rings is 1. The molecule has 0 aromatic heterocycles. The first kappa shape index (κ1) is 12.8. The summed E-state index contributed by atoms with van der Waals surface area (Å²) in [7, 11) is 0. The zero-order valence-corrected chi connectivity index (χ0v) is 10.4. The Bertz CT molecular complexity index is 334. The zero-order valence-electron chi connectivity index (χ0n) is 8.87. The highest BCUT2D eigenvalue weighted by atomic mass is 35.5. The van der Waals surface area contributed by atoms with E-state index in [1.165, 1.54) is 30.4 Å². The van der Waals surface area contributed by atoms with E-state index in [0.717, 1.165) is 5.02 Å². The molecule has 84 valence electrons. The first-order valence-electron chi connectivity index (χ1n) is 5.20. The number of aryl methyl sites for hydroxylation is 1. The lowest BCUT2D eigenvalue weighted by molar-refractivity contribution is 0.264. The molecule has 1 aliphatic rings. The second-order valence-electron chi connectivity index (χ2n) is 4.22. The molecule has 2 N–H and O–H groups in total. The third-order valence-electron chi connectivity index (χ3n) is 3.25. The van der Waals surface area contributed by atoms with Gasteiger partial charge in [-0.05, 0) is 48.9 Å². The van der Waals surface area contributed by atoms with Crippen molar-refractivity contribution < 1.29 is 0 Å². The van der Waals surface area contributed by atoms with Crippen LogP contribution >= 0.6 is 24.0 Å². The molecule has 1 aromatic rings. The molecule has 3 heteroatoms. The van der Waals surface area contributed by atoms with Crippen molar-refractivity contribution in [3.8, 4) is 0 Å². The summed E-state index contributed by atoms with van der Waals surface area (Å²) in [6.07, 6.45) is 3.90. The lowest BCUT2D eigenvalue weighted by Crippen LogP contribution is -2.27. The summed E-state index contributed by atoms with van der Waals surface area (Å²) in [6, 6.07) is 6.21. The fraction of sp³-hybridized carbons (Fsp3) is 0.500. The van der Waals surface area contributed by atoms with Crippen LogP contribution in [0.5, 0.6) is 0 Å². The van der Waals surface area contributed by atoms with Crippen LogP contribution in [0.3, 0.4) is 0 Å². The second kappa shape index (κ2) is 5.20. The predicted molar refractivity (Wildman–Crippen MR) is 67.7 cm³/mol. The normalized spacial score (nSPS) is 17.8. The quantitative estimate of drug-likeness (QED) is 0.842. The van der Waals surface area contributed by atoms with Gasteiger partial charge in [0.1, 0.15) is 0 Å². The SMILES string of the molecule is Cc1cc(Cl)ccc1[C@@H](N)C1CCC1.Cl. The molecule has 0 unspecified atom stereocenters. The summed E-state index contributed by atoms with van der Waals surface area (Å²) in [5.41, 5.74) is 8.69. The maximum atomic E-state index is 6.21. The fourth-order valence-electron chi connectivity index (χ4n) is 2.07. The summed E-state index contributed by atoms with van der Waals surface area (Å²) < 4.78 is 0. The summed E-state index contributed by atoms with van der Waals surface area (Å²) in [5.74, 6) is 0.690. The van der Waals surface area contributed by atoms with Gasteiger partial charge < -0.3 is 5.73 Å². The van der Waals surface area contributed by atoms with E-state index < -0.39 is 0 Å². The van der Waals surface area contributed by atoms with Crippen molar-refractivity contribution in [2.24, 2.45) is 11.7 Å². The highest BCUT2D eigenvalue weighted by molar-refractivity contribution is 6.30. The van der Waals surface area contributed by atoms with E-state index in [4.69, 9.17) is 17.3 Å². The first-order chi connectivity index (χ1) is 6.68. The molecule has 1 aromatic carbocycles. The van der Waals surface area contributed by atoms with Crippen molar-refractivity contribution in [2.75, 3.05) is 0 Å². The number of hydrogen-bond acceptors (Lipinski definition) is 1. The largest absolute Gasteiger partial charge is 0.324 e. The van der Waals surface area contributed by atoms with Gasteiger partial charge in [0.15, 0.2) is 0 Å². The second-order valence-corrected chi connectivity index (χ2v) is 4.65. The van der Waals surface area contributed by atoms with Gasteiger partial charge in [-0.15, -0.1) is 12.4 Å². The Morgan fingerprint density at radius 3 is 2.53 bits per heavy atom. The monoisotopic (exact) mass is 245 g/mol. The van der Waals surface area contributed by atoms with E-state index in [-0.39, 0.29) is 18.4 Å². The van der Waals surface area contributed by atoms with Crippen molar-refractivity contribution >= 4 is 24.0 Å². The third kappa shape index (κ3) is 2.66. The zero-order chi connectivity index (χ0) is 10.1. The van der Waals surface area contributed by atoms with Crippen LogP contribution in [0.1, 0.15) is 36.4 Å². The van der Waals surface area contributed by atoms with Crippen molar-refractivity contribution in [3.05, 3.63) is 34.3 Å². The molecule has 2 rings (SSSR count). The Kier molecular flexibility index (Phi) is 4.45. The minimum absolute atomic E-state index is 0. The Morgan fingerprint density at radius 2 is 2.07 bits per heavy atom. The lowest BCUT2D eigenvalue weighted by Gasteiger charge is -2.32. The van der Waals surface area contributed by atoms with E-state index >= 15 is 0 Å². The van der Waals surface area contributed by atoms with Crippen molar-refractivity contribution in [1.29, 1.82) is 0 Å². The maximum Gasteiger partial charge on any atom is 0.0408 e. The van der Waals surface area contributed by atoms with E-state index in [1.807, 2.05) is 12.1 Å². The summed E-state index contributed by atoms with van der Waals surface area (Å²) in [6.45, 7) is 2.08. The molecule has 0 aliphatic heterocycles. The minimum Gasteiger partial charge on any atom is -0.324 e. The highest BCUT2D eigenvalue weighted by Gasteiger charge is 2.26. The van der Waals surface area contributed by atoms with Gasteiger partial charge in [0.25, 0.3) is 0 Å². The third-order valence-corrected chi connectivity index (χ3v) is 3.48. The van der Waals surface area contributed by atoms with Gasteiger partial charge in [-0.2, -0.15) is 0 Å². The number of nitrogens with two attached hydrogens (primary N) is 1. The molecular formula is C12H17Cl2N. The van der Waals surface area contributed by atoms with Crippen LogP contribution in [0.2, 0.25) is 5.02 Å². The average Bonchev–Trinajstić information content (AvgIpc) is 2.00. The van der Waals surface area contributed by atoms with Gasteiger partial charge in [-0.25, -0.2) is 0 Å².